The lowest BCUT2D eigenvalue weighted by atomic mass is 10.0. The third-order valence-corrected chi connectivity index (χ3v) is 2.20. The molecule has 0 fully saturated rings. The summed E-state index contributed by atoms with van der Waals surface area (Å²) in [6.07, 6.45) is -4.28. The largest absolute Gasteiger partial charge is 0.416 e. The van der Waals surface area contributed by atoms with E-state index in [1.807, 2.05) is 0 Å². The van der Waals surface area contributed by atoms with Gasteiger partial charge >= 0.3 is 6.18 Å². The third kappa shape index (κ3) is 3.48. The molecule has 0 nitrogen and oxygen atoms in total. The van der Waals surface area contributed by atoms with E-state index in [0.717, 1.165) is 18.2 Å². The van der Waals surface area contributed by atoms with Crippen LogP contribution in [0.5, 0.6) is 0 Å². The summed E-state index contributed by atoms with van der Waals surface area (Å²) < 4.78 is 50.3. The zero-order valence-electron chi connectivity index (χ0n) is 7.91. The summed E-state index contributed by atoms with van der Waals surface area (Å²) in [7, 11) is 0. The van der Waals surface area contributed by atoms with E-state index in [4.69, 9.17) is 0 Å². The monoisotopic (exact) mass is 284 g/mol. The van der Waals surface area contributed by atoms with Crippen LogP contribution >= 0.6 is 15.9 Å². The Morgan fingerprint density at radius 2 is 1.93 bits per heavy atom. The quantitative estimate of drug-likeness (QED) is 0.565. The highest BCUT2D eigenvalue weighted by molar-refractivity contribution is 9.09. The van der Waals surface area contributed by atoms with Crippen LogP contribution < -0.4 is 0 Å². The van der Waals surface area contributed by atoms with Crippen molar-refractivity contribution >= 4 is 15.9 Å². The van der Waals surface area contributed by atoms with E-state index in [0.29, 0.717) is 0 Å². The Morgan fingerprint density at radius 1 is 1.33 bits per heavy atom. The van der Waals surface area contributed by atoms with Gasteiger partial charge in [0.2, 0.25) is 0 Å². The maximum Gasteiger partial charge on any atom is 0.416 e. The Hall–Kier alpha value is -0.580. The molecule has 0 saturated heterocycles. The normalized spacial score (nSPS) is 14.0. The second-order valence-electron chi connectivity index (χ2n) is 3.28. The highest BCUT2D eigenvalue weighted by Crippen LogP contribution is 2.33. The van der Waals surface area contributed by atoms with E-state index >= 15 is 0 Å². The minimum atomic E-state index is -4.43. The first kappa shape index (κ1) is 12.5. The van der Waals surface area contributed by atoms with Crippen molar-refractivity contribution in [1.29, 1.82) is 0 Å². The van der Waals surface area contributed by atoms with E-state index in [1.165, 1.54) is 0 Å². The predicted molar refractivity (Wildman–Crippen MR) is 53.5 cm³/mol. The summed E-state index contributed by atoms with van der Waals surface area (Å²) in [5.74, 6) is -0.647. The van der Waals surface area contributed by atoms with Crippen molar-refractivity contribution in [1.82, 2.24) is 0 Å². The fourth-order valence-electron chi connectivity index (χ4n) is 1.31. The molecule has 1 unspecified atom stereocenters. The summed E-state index contributed by atoms with van der Waals surface area (Å²) in [6.45, 7) is 1.71. The Kier molecular flexibility index (Phi) is 3.76. The molecule has 0 saturated carbocycles. The molecule has 1 aromatic rings. The molecule has 0 aliphatic rings. The predicted octanol–water partition coefficient (Wildman–Crippen LogP) is 4.17. The van der Waals surface area contributed by atoms with E-state index in [9.17, 15) is 17.6 Å². The van der Waals surface area contributed by atoms with Crippen LogP contribution in [0.1, 0.15) is 18.1 Å². The van der Waals surface area contributed by atoms with Crippen LogP contribution in [0.25, 0.3) is 0 Å². The second kappa shape index (κ2) is 4.51. The van der Waals surface area contributed by atoms with E-state index in [2.05, 4.69) is 15.9 Å². The zero-order chi connectivity index (χ0) is 11.6. The van der Waals surface area contributed by atoms with Crippen LogP contribution in [0.15, 0.2) is 18.2 Å². The van der Waals surface area contributed by atoms with Crippen LogP contribution in [0.3, 0.4) is 0 Å². The molecular weight excluding hydrogens is 276 g/mol. The standard InChI is InChI=1S/C10H9BrF4/c1-6(11)4-7-5-8(12)2-3-9(7)10(13,14)15/h2-3,5-6H,4H2,1H3. The number of halogens is 5. The lowest BCUT2D eigenvalue weighted by Gasteiger charge is -2.13. The summed E-state index contributed by atoms with van der Waals surface area (Å²) in [5.41, 5.74) is -0.790. The smallest absolute Gasteiger partial charge is 0.207 e. The molecule has 0 spiro atoms. The van der Waals surface area contributed by atoms with Crippen molar-refractivity contribution in [3.05, 3.63) is 35.1 Å². The highest BCUT2D eigenvalue weighted by atomic mass is 79.9. The van der Waals surface area contributed by atoms with Crippen LogP contribution in [0, 0.1) is 5.82 Å². The van der Waals surface area contributed by atoms with Crippen LogP contribution in [0.4, 0.5) is 17.6 Å². The van der Waals surface area contributed by atoms with Crippen molar-refractivity contribution in [3.63, 3.8) is 0 Å². The van der Waals surface area contributed by atoms with Crippen molar-refractivity contribution < 1.29 is 17.6 Å². The van der Waals surface area contributed by atoms with Gasteiger partial charge in [-0.05, 0) is 30.2 Å². The molecule has 0 aliphatic heterocycles. The summed E-state index contributed by atoms with van der Waals surface area (Å²) in [4.78, 5) is -0.125. The Morgan fingerprint density at radius 3 is 2.40 bits per heavy atom. The summed E-state index contributed by atoms with van der Waals surface area (Å²) >= 11 is 3.15. The molecule has 1 rings (SSSR count). The molecule has 0 aliphatic carbocycles. The van der Waals surface area contributed by atoms with Gasteiger partial charge < -0.3 is 0 Å². The van der Waals surface area contributed by atoms with Gasteiger partial charge in [0.15, 0.2) is 0 Å². The summed E-state index contributed by atoms with van der Waals surface area (Å²) in [5, 5.41) is 0. The average molecular weight is 285 g/mol. The van der Waals surface area contributed by atoms with Crippen LogP contribution in [-0.4, -0.2) is 4.83 Å². The van der Waals surface area contributed by atoms with Gasteiger partial charge in [0.25, 0.3) is 0 Å². The van der Waals surface area contributed by atoms with Gasteiger partial charge in [0.05, 0.1) is 5.56 Å². The highest BCUT2D eigenvalue weighted by Gasteiger charge is 2.33. The number of hydrogen-bond acceptors (Lipinski definition) is 0. The lowest BCUT2D eigenvalue weighted by molar-refractivity contribution is -0.138. The molecule has 0 radical (unpaired) electrons. The molecule has 84 valence electrons. The Balaban J connectivity index is 3.15. The first-order chi connectivity index (χ1) is 6.80. The first-order valence-electron chi connectivity index (χ1n) is 4.30. The third-order valence-electron chi connectivity index (χ3n) is 1.87. The van der Waals surface area contributed by atoms with Gasteiger partial charge in [-0.1, -0.05) is 22.9 Å². The molecular formula is C10H9BrF4. The number of rotatable bonds is 2. The Labute approximate surface area is 93.4 Å². The maximum atomic E-state index is 12.8. The minimum absolute atomic E-state index is 0.0214. The van der Waals surface area contributed by atoms with Crippen molar-refractivity contribution in [2.24, 2.45) is 0 Å². The maximum absolute atomic E-state index is 12.8. The zero-order valence-corrected chi connectivity index (χ0v) is 9.49. The molecule has 1 atom stereocenters. The number of alkyl halides is 4. The fraction of sp³-hybridized carbons (Fsp3) is 0.400. The first-order valence-corrected chi connectivity index (χ1v) is 5.22. The van der Waals surface area contributed by atoms with Gasteiger partial charge in [-0.25, -0.2) is 4.39 Å². The summed E-state index contributed by atoms with van der Waals surface area (Å²) in [6, 6.07) is 2.53. The molecule has 0 amide bonds. The van der Waals surface area contributed by atoms with E-state index < -0.39 is 17.6 Å². The average Bonchev–Trinajstić information content (AvgIpc) is 1.99. The number of benzene rings is 1. The minimum Gasteiger partial charge on any atom is -0.207 e. The second-order valence-corrected chi connectivity index (χ2v) is 4.85. The Bertz CT molecular complexity index is 344. The molecule has 15 heavy (non-hydrogen) atoms. The molecule has 0 bridgehead atoms. The number of hydrogen-bond donors (Lipinski definition) is 0. The van der Waals surface area contributed by atoms with Crippen LogP contribution in [-0.2, 0) is 12.6 Å². The van der Waals surface area contributed by atoms with Crippen LogP contribution in [0.2, 0.25) is 0 Å². The van der Waals surface area contributed by atoms with E-state index in [1.54, 1.807) is 6.92 Å². The van der Waals surface area contributed by atoms with Crippen molar-refractivity contribution in [2.45, 2.75) is 24.3 Å². The van der Waals surface area contributed by atoms with Gasteiger partial charge in [-0.15, -0.1) is 0 Å². The SMILES string of the molecule is CC(Br)Cc1cc(F)ccc1C(F)(F)F. The topological polar surface area (TPSA) is 0 Å². The van der Waals surface area contributed by atoms with Gasteiger partial charge in [-0.2, -0.15) is 13.2 Å². The molecule has 0 N–H and O–H groups in total. The van der Waals surface area contributed by atoms with Gasteiger partial charge in [-0.3, -0.25) is 0 Å². The molecule has 5 heteroatoms. The fourth-order valence-corrected chi connectivity index (χ4v) is 1.66. The molecule has 0 heterocycles. The molecule has 1 aromatic carbocycles. The lowest BCUT2D eigenvalue weighted by Crippen LogP contribution is -2.11. The van der Waals surface area contributed by atoms with Crippen molar-refractivity contribution in [2.75, 3.05) is 0 Å². The van der Waals surface area contributed by atoms with Crippen molar-refractivity contribution in [3.8, 4) is 0 Å². The van der Waals surface area contributed by atoms with Gasteiger partial charge in [0.1, 0.15) is 5.82 Å². The molecule has 0 aromatic heterocycles. The van der Waals surface area contributed by atoms with E-state index in [-0.39, 0.29) is 16.8 Å². The van der Waals surface area contributed by atoms with Gasteiger partial charge in [0, 0.05) is 4.83 Å².